The van der Waals surface area contributed by atoms with E-state index in [0.717, 1.165) is 18.4 Å². The Balaban J connectivity index is 2.12. The highest BCUT2D eigenvalue weighted by Gasteiger charge is 2.35. The Labute approximate surface area is 152 Å². The van der Waals surface area contributed by atoms with Gasteiger partial charge in [-0.15, -0.1) is 0 Å². The summed E-state index contributed by atoms with van der Waals surface area (Å²) in [5.74, 6) is -1.93. The van der Waals surface area contributed by atoms with Gasteiger partial charge in [-0.25, -0.2) is 0 Å². The lowest BCUT2D eigenvalue weighted by Crippen LogP contribution is -2.40. The first-order valence-electron chi connectivity index (χ1n) is 8.32. The lowest BCUT2D eigenvalue weighted by Gasteiger charge is -2.27. The molecule has 1 fully saturated rings. The largest absolute Gasteiger partial charge is 0.481 e. The second-order valence-corrected chi connectivity index (χ2v) is 6.96. The van der Waals surface area contributed by atoms with Crippen molar-refractivity contribution in [1.29, 1.82) is 0 Å². The zero-order valence-corrected chi connectivity index (χ0v) is 15.1. The maximum atomic E-state index is 12.8. The van der Waals surface area contributed by atoms with Gasteiger partial charge in [0.1, 0.15) is 0 Å². The lowest BCUT2D eigenvalue weighted by molar-refractivity contribution is -0.143. The van der Waals surface area contributed by atoms with Crippen molar-refractivity contribution in [3.05, 3.63) is 34.9 Å². The zero-order chi connectivity index (χ0) is 18.6. The molecule has 1 aliphatic carbocycles. The van der Waals surface area contributed by atoms with Gasteiger partial charge in [0.05, 0.1) is 18.4 Å². The van der Waals surface area contributed by atoms with Crippen molar-refractivity contribution in [2.75, 3.05) is 6.54 Å². The fourth-order valence-electron chi connectivity index (χ4n) is 2.70. The molecule has 1 aromatic rings. The Hall–Kier alpha value is -2.08. The van der Waals surface area contributed by atoms with Gasteiger partial charge in [0.2, 0.25) is 11.8 Å². The molecular weight excluding hydrogens is 344 g/mol. The van der Waals surface area contributed by atoms with Crippen LogP contribution in [-0.4, -0.2) is 40.4 Å². The minimum atomic E-state index is -0.922. The molecule has 2 atom stereocenters. The number of nitrogens with zero attached hydrogens (tertiary/aromatic N) is 1. The Morgan fingerprint density at radius 1 is 1.28 bits per heavy atom. The number of halogens is 1. The topological polar surface area (TPSA) is 86.7 Å². The normalized spacial score (nSPS) is 16.0. The Morgan fingerprint density at radius 2 is 1.88 bits per heavy atom. The summed E-state index contributed by atoms with van der Waals surface area (Å²) in [6.45, 7) is 3.18. The third-order valence-electron chi connectivity index (χ3n) is 4.23. The summed E-state index contributed by atoms with van der Waals surface area (Å²) >= 11 is 5.90. The first-order chi connectivity index (χ1) is 11.8. The first-order valence-corrected chi connectivity index (χ1v) is 8.70. The second kappa shape index (κ2) is 8.34. The molecule has 0 aromatic heterocycles. The Bertz CT molecular complexity index is 643. The number of carboxylic acids is 1. The number of carbonyl (C=O) groups excluding carboxylic acids is 2. The summed E-state index contributed by atoms with van der Waals surface area (Å²) in [7, 11) is 0. The fourth-order valence-corrected chi connectivity index (χ4v) is 2.82. The average Bonchev–Trinajstić information content (AvgIpc) is 3.36. The van der Waals surface area contributed by atoms with Crippen molar-refractivity contribution >= 4 is 29.4 Å². The van der Waals surface area contributed by atoms with E-state index in [-0.39, 0.29) is 30.8 Å². The number of rotatable bonds is 8. The molecule has 0 aliphatic heterocycles. The molecule has 2 N–H and O–H groups in total. The third-order valence-corrected chi connectivity index (χ3v) is 4.48. The van der Waals surface area contributed by atoms with Gasteiger partial charge in [0.25, 0.3) is 0 Å². The minimum absolute atomic E-state index is 0.0874. The SMILES string of the molecule is CC(=O)NC(CC(=O)N(CC(C)C(=O)O)C1CC1)c1ccc(Cl)cc1. The van der Waals surface area contributed by atoms with Crippen LogP contribution in [0.5, 0.6) is 0 Å². The van der Waals surface area contributed by atoms with Crippen LogP contribution in [0, 0.1) is 5.92 Å². The van der Waals surface area contributed by atoms with E-state index in [0.29, 0.717) is 5.02 Å². The highest BCUT2D eigenvalue weighted by Crippen LogP contribution is 2.30. The van der Waals surface area contributed by atoms with Crippen molar-refractivity contribution in [3.8, 4) is 0 Å². The smallest absolute Gasteiger partial charge is 0.308 e. The van der Waals surface area contributed by atoms with E-state index in [1.807, 2.05) is 0 Å². The van der Waals surface area contributed by atoms with E-state index < -0.39 is 17.9 Å². The fraction of sp³-hybridized carbons (Fsp3) is 0.500. The van der Waals surface area contributed by atoms with Gasteiger partial charge in [-0.3, -0.25) is 14.4 Å². The molecule has 2 amide bonds. The van der Waals surface area contributed by atoms with E-state index >= 15 is 0 Å². The predicted molar refractivity (Wildman–Crippen MR) is 94.2 cm³/mol. The van der Waals surface area contributed by atoms with Gasteiger partial charge >= 0.3 is 5.97 Å². The van der Waals surface area contributed by atoms with Crippen molar-refractivity contribution in [3.63, 3.8) is 0 Å². The number of nitrogens with one attached hydrogen (secondary N) is 1. The predicted octanol–water partition coefficient (Wildman–Crippen LogP) is 2.62. The molecule has 136 valence electrons. The maximum Gasteiger partial charge on any atom is 0.308 e. The van der Waals surface area contributed by atoms with Crippen LogP contribution in [0.3, 0.4) is 0 Å². The molecule has 0 saturated heterocycles. The molecule has 7 heteroatoms. The van der Waals surface area contributed by atoms with Gasteiger partial charge in [-0.05, 0) is 30.5 Å². The van der Waals surface area contributed by atoms with Gasteiger partial charge in [0, 0.05) is 24.5 Å². The first kappa shape index (κ1) is 19.2. The summed E-state index contributed by atoms with van der Waals surface area (Å²) in [6.07, 6.45) is 1.87. The van der Waals surface area contributed by atoms with E-state index in [2.05, 4.69) is 5.32 Å². The van der Waals surface area contributed by atoms with Gasteiger partial charge < -0.3 is 15.3 Å². The maximum absolute atomic E-state index is 12.8. The van der Waals surface area contributed by atoms with Crippen LogP contribution >= 0.6 is 11.6 Å². The van der Waals surface area contributed by atoms with Crippen LogP contribution in [0.4, 0.5) is 0 Å². The molecule has 0 bridgehead atoms. The van der Waals surface area contributed by atoms with Gasteiger partial charge in [0.15, 0.2) is 0 Å². The Morgan fingerprint density at radius 3 is 2.36 bits per heavy atom. The lowest BCUT2D eigenvalue weighted by atomic mass is 10.0. The molecule has 0 spiro atoms. The molecule has 6 nitrogen and oxygen atoms in total. The minimum Gasteiger partial charge on any atom is -0.481 e. The monoisotopic (exact) mass is 366 g/mol. The number of carbonyl (C=O) groups is 3. The van der Waals surface area contributed by atoms with Gasteiger partial charge in [-0.2, -0.15) is 0 Å². The standard InChI is InChI=1S/C18H23ClN2O4/c1-11(18(24)25)10-21(15-7-8-15)17(23)9-16(20-12(2)22)13-3-5-14(19)6-4-13/h3-6,11,15-16H,7-10H2,1-2H3,(H,20,22)(H,24,25). The van der Waals surface area contributed by atoms with E-state index in [9.17, 15) is 14.4 Å². The summed E-state index contributed by atoms with van der Waals surface area (Å²) < 4.78 is 0. The highest BCUT2D eigenvalue weighted by molar-refractivity contribution is 6.30. The Kier molecular flexibility index (Phi) is 6.42. The summed E-state index contributed by atoms with van der Waals surface area (Å²) in [5.41, 5.74) is 0.787. The number of benzene rings is 1. The molecule has 1 saturated carbocycles. The summed E-state index contributed by atoms with van der Waals surface area (Å²) in [6, 6.07) is 6.61. The van der Waals surface area contributed by atoms with Crippen molar-refractivity contribution in [2.24, 2.45) is 5.92 Å². The van der Waals surface area contributed by atoms with E-state index in [4.69, 9.17) is 16.7 Å². The molecule has 1 aliphatic rings. The van der Waals surface area contributed by atoms with Crippen LogP contribution in [0.1, 0.15) is 44.7 Å². The number of aliphatic carboxylic acids is 1. The molecule has 0 radical (unpaired) electrons. The van der Waals surface area contributed by atoms with Crippen molar-refractivity contribution < 1.29 is 19.5 Å². The molecule has 2 unspecified atom stereocenters. The van der Waals surface area contributed by atoms with Crippen LogP contribution in [-0.2, 0) is 14.4 Å². The molecular formula is C18H23ClN2O4. The number of carboxylic acid groups (broad SMARTS) is 1. The van der Waals surface area contributed by atoms with Crippen molar-refractivity contribution in [1.82, 2.24) is 10.2 Å². The molecule has 1 aromatic carbocycles. The zero-order valence-electron chi connectivity index (χ0n) is 14.4. The third kappa shape index (κ3) is 5.74. The second-order valence-electron chi connectivity index (χ2n) is 6.53. The number of hydrogen-bond acceptors (Lipinski definition) is 3. The van der Waals surface area contributed by atoms with E-state index in [1.165, 1.54) is 6.92 Å². The van der Waals surface area contributed by atoms with E-state index in [1.54, 1.807) is 36.1 Å². The van der Waals surface area contributed by atoms with Crippen LogP contribution < -0.4 is 5.32 Å². The van der Waals surface area contributed by atoms with Crippen LogP contribution in [0.2, 0.25) is 5.02 Å². The summed E-state index contributed by atoms with van der Waals surface area (Å²) in [4.78, 5) is 37.0. The quantitative estimate of drug-likeness (QED) is 0.740. The van der Waals surface area contributed by atoms with Gasteiger partial charge in [-0.1, -0.05) is 30.7 Å². The molecule has 2 rings (SSSR count). The van der Waals surface area contributed by atoms with Crippen molar-refractivity contribution in [2.45, 2.75) is 45.2 Å². The molecule has 0 heterocycles. The number of amides is 2. The molecule has 25 heavy (non-hydrogen) atoms. The number of hydrogen-bond donors (Lipinski definition) is 2. The summed E-state index contributed by atoms with van der Waals surface area (Å²) in [5, 5.41) is 12.5. The average molecular weight is 367 g/mol. The van der Waals surface area contributed by atoms with Crippen LogP contribution in [0.15, 0.2) is 24.3 Å². The van der Waals surface area contributed by atoms with Crippen LogP contribution in [0.25, 0.3) is 0 Å². The highest BCUT2D eigenvalue weighted by atomic mass is 35.5.